The van der Waals surface area contributed by atoms with Crippen LogP contribution in [0.2, 0.25) is 0 Å². The van der Waals surface area contributed by atoms with E-state index in [1.807, 2.05) is 13.8 Å². The van der Waals surface area contributed by atoms with Crippen LogP contribution < -0.4 is 56.5 Å². The quantitative estimate of drug-likeness (QED) is 0.467. The molecule has 2 fully saturated rings. The minimum absolute atomic E-state index is 0. The third-order valence-corrected chi connectivity index (χ3v) is 3.76. The summed E-state index contributed by atoms with van der Waals surface area (Å²) in [6, 6.07) is 0.521. The summed E-state index contributed by atoms with van der Waals surface area (Å²) < 4.78 is 0. The Kier molecular flexibility index (Phi) is 4.23. The van der Waals surface area contributed by atoms with Gasteiger partial charge >= 0.3 is 51.4 Å². The standard InChI is InChI=1S/C10H17NO2.K/c1-7-5-6-11(8-3-4-8)10(7,2)9(12)13;/h7-8H,3-6H2,1-2H3,(H,12,13);/q;+1/p-1/t7?,10-;/m0./s1. The summed E-state index contributed by atoms with van der Waals surface area (Å²) in [6.45, 7) is 4.76. The molecule has 1 unspecified atom stereocenters. The van der Waals surface area contributed by atoms with E-state index in [2.05, 4.69) is 4.90 Å². The molecule has 2 rings (SSSR count). The Labute approximate surface area is 128 Å². The Balaban J connectivity index is 0.000000980. The molecule has 4 heteroatoms. The summed E-state index contributed by atoms with van der Waals surface area (Å²) in [5.41, 5.74) is -0.707. The second kappa shape index (κ2) is 4.51. The predicted molar refractivity (Wildman–Crippen MR) is 46.9 cm³/mol. The number of hydrogen-bond donors (Lipinski definition) is 0. The smallest absolute Gasteiger partial charge is 0.548 e. The van der Waals surface area contributed by atoms with Crippen molar-refractivity contribution in [2.75, 3.05) is 6.54 Å². The number of carbonyl (C=O) groups excluding carboxylic acids is 1. The number of carboxylic acid groups (broad SMARTS) is 1. The molecule has 74 valence electrons. The van der Waals surface area contributed by atoms with Crippen molar-refractivity contribution in [1.29, 1.82) is 0 Å². The molecule has 1 aliphatic carbocycles. The molecule has 0 aromatic rings. The second-order valence-electron chi connectivity index (χ2n) is 4.55. The molecule has 3 nitrogen and oxygen atoms in total. The zero-order valence-electron chi connectivity index (χ0n) is 9.25. The van der Waals surface area contributed by atoms with Crippen LogP contribution in [0.1, 0.15) is 33.1 Å². The van der Waals surface area contributed by atoms with Crippen molar-refractivity contribution < 1.29 is 61.3 Å². The number of carboxylic acids is 1. The minimum atomic E-state index is -0.899. The van der Waals surface area contributed by atoms with Crippen LogP contribution in [0.5, 0.6) is 0 Å². The molecule has 0 bridgehead atoms. The van der Waals surface area contributed by atoms with Crippen LogP contribution in [-0.2, 0) is 4.79 Å². The molecule has 2 aliphatic rings. The predicted octanol–water partition coefficient (Wildman–Crippen LogP) is -3.00. The van der Waals surface area contributed by atoms with E-state index < -0.39 is 11.5 Å². The van der Waals surface area contributed by atoms with Crippen molar-refractivity contribution in [1.82, 2.24) is 4.90 Å². The van der Waals surface area contributed by atoms with Crippen molar-refractivity contribution in [2.24, 2.45) is 5.92 Å². The number of rotatable bonds is 2. The molecule has 0 amide bonds. The van der Waals surface area contributed by atoms with Crippen LogP contribution in [0.15, 0.2) is 0 Å². The van der Waals surface area contributed by atoms with Crippen LogP contribution in [0.4, 0.5) is 0 Å². The van der Waals surface area contributed by atoms with E-state index in [4.69, 9.17) is 0 Å². The van der Waals surface area contributed by atoms with E-state index in [1.54, 1.807) is 0 Å². The molecule has 1 saturated heterocycles. The summed E-state index contributed by atoms with van der Waals surface area (Å²) in [7, 11) is 0. The maximum Gasteiger partial charge on any atom is 1.00 e. The molecule has 1 aliphatic heterocycles. The molecule has 0 radical (unpaired) electrons. The number of aliphatic carboxylic acids is 1. The third kappa shape index (κ3) is 1.97. The Morgan fingerprint density at radius 1 is 1.43 bits per heavy atom. The maximum atomic E-state index is 11.1. The summed E-state index contributed by atoms with van der Waals surface area (Å²) in [6.07, 6.45) is 3.31. The molecule has 0 N–H and O–H groups in total. The molecule has 1 saturated carbocycles. The van der Waals surface area contributed by atoms with Gasteiger partial charge < -0.3 is 9.90 Å². The summed E-state index contributed by atoms with van der Waals surface area (Å²) in [5.74, 6) is -0.678. The Morgan fingerprint density at radius 3 is 2.43 bits per heavy atom. The first-order valence-electron chi connectivity index (χ1n) is 5.05. The monoisotopic (exact) mass is 221 g/mol. The third-order valence-electron chi connectivity index (χ3n) is 3.76. The zero-order valence-corrected chi connectivity index (χ0v) is 12.4. The first-order valence-corrected chi connectivity index (χ1v) is 5.05. The summed E-state index contributed by atoms with van der Waals surface area (Å²) in [4.78, 5) is 13.3. The van der Waals surface area contributed by atoms with Gasteiger partial charge in [-0.15, -0.1) is 0 Å². The second-order valence-corrected chi connectivity index (χ2v) is 4.55. The topological polar surface area (TPSA) is 43.4 Å². The van der Waals surface area contributed by atoms with Gasteiger partial charge in [0.15, 0.2) is 0 Å². The summed E-state index contributed by atoms with van der Waals surface area (Å²) >= 11 is 0. The normalized spacial score (nSPS) is 38.0. The van der Waals surface area contributed by atoms with E-state index in [9.17, 15) is 9.90 Å². The Bertz CT molecular complexity index is 242. The molecule has 1 heterocycles. The van der Waals surface area contributed by atoms with Gasteiger partial charge in [0.25, 0.3) is 0 Å². The van der Waals surface area contributed by atoms with Crippen molar-refractivity contribution in [3.05, 3.63) is 0 Å². The first kappa shape index (κ1) is 13.1. The van der Waals surface area contributed by atoms with Crippen LogP contribution in [-0.4, -0.2) is 29.0 Å². The number of likely N-dealkylation sites (tertiary alicyclic amines) is 1. The summed E-state index contributed by atoms with van der Waals surface area (Å²) in [5, 5.41) is 11.1. The van der Waals surface area contributed by atoms with Crippen molar-refractivity contribution >= 4 is 5.97 Å². The fraction of sp³-hybridized carbons (Fsp3) is 0.900. The van der Waals surface area contributed by atoms with E-state index >= 15 is 0 Å². The van der Waals surface area contributed by atoms with Gasteiger partial charge in [0.1, 0.15) is 0 Å². The van der Waals surface area contributed by atoms with Crippen molar-refractivity contribution in [2.45, 2.75) is 44.7 Å². The number of hydrogen-bond acceptors (Lipinski definition) is 3. The van der Waals surface area contributed by atoms with E-state index in [0.29, 0.717) is 6.04 Å². The van der Waals surface area contributed by atoms with Gasteiger partial charge in [-0.1, -0.05) is 6.92 Å². The van der Waals surface area contributed by atoms with Gasteiger partial charge in [0.2, 0.25) is 0 Å². The SMILES string of the molecule is CC1CCN(C2CC2)[C@]1(C)C(=O)[O-].[K+]. The van der Waals surface area contributed by atoms with Crippen molar-refractivity contribution in [3.8, 4) is 0 Å². The van der Waals surface area contributed by atoms with Gasteiger partial charge in [0.05, 0.1) is 11.5 Å². The van der Waals surface area contributed by atoms with Crippen molar-refractivity contribution in [3.63, 3.8) is 0 Å². The average Bonchev–Trinajstić information content (AvgIpc) is 2.83. The van der Waals surface area contributed by atoms with Gasteiger partial charge in [0, 0.05) is 6.04 Å². The first-order chi connectivity index (χ1) is 6.06. The maximum absolute atomic E-state index is 11.1. The van der Waals surface area contributed by atoms with Gasteiger partial charge in [-0.05, 0) is 38.6 Å². The molecule has 0 aromatic carbocycles. The fourth-order valence-electron chi connectivity index (χ4n) is 2.40. The van der Waals surface area contributed by atoms with E-state index in [1.165, 1.54) is 0 Å². The van der Waals surface area contributed by atoms with E-state index in [-0.39, 0.29) is 57.3 Å². The molecule has 14 heavy (non-hydrogen) atoms. The average molecular weight is 221 g/mol. The number of carbonyl (C=O) groups is 1. The Morgan fingerprint density at radius 2 is 2.00 bits per heavy atom. The zero-order chi connectivity index (χ0) is 9.64. The van der Waals surface area contributed by atoms with Gasteiger partial charge in [-0.25, -0.2) is 0 Å². The largest absolute Gasteiger partial charge is 1.00 e. The van der Waals surface area contributed by atoms with Crippen LogP contribution in [0.3, 0.4) is 0 Å². The van der Waals surface area contributed by atoms with Crippen LogP contribution in [0, 0.1) is 5.92 Å². The van der Waals surface area contributed by atoms with E-state index in [0.717, 1.165) is 25.8 Å². The van der Waals surface area contributed by atoms with Crippen LogP contribution in [0.25, 0.3) is 0 Å². The van der Waals surface area contributed by atoms with Crippen LogP contribution >= 0.6 is 0 Å². The van der Waals surface area contributed by atoms with Gasteiger partial charge in [-0.2, -0.15) is 0 Å². The number of nitrogens with zero attached hydrogens (tertiary/aromatic N) is 1. The molecule has 0 spiro atoms. The molecule has 2 atom stereocenters. The molecule has 0 aromatic heterocycles. The Hall–Kier alpha value is 1.07. The minimum Gasteiger partial charge on any atom is -0.548 e. The molecular formula is C10H16KNO2. The fourth-order valence-corrected chi connectivity index (χ4v) is 2.40. The van der Waals surface area contributed by atoms with Gasteiger partial charge in [-0.3, -0.25) is 4.90 Å². The molecular weight excluding hydrogens is 205 g/mol.